The lowest BCUT2D eigenvalue weighted by Gasteiger charge is -2.26. The number of aliphatic hydroxyl groups excluding tert-OH is 1. The van der Waals surface area contributed by atoms with Crippen molar-refractivity contribution < 1.29 is 24.5 Å². The van der Waals surface area contributed by atoms with Crippen molar-refractivity contribution in [3.8, 4) is 0 Å². The highest BCUT2D eigenvalue weighted by Crippen LogP contribution is 2.18. The quantitative estimate of drug-likeness (QED) is 0.641. The van der Waals surface area contributed by atoms with E-state index in [2.05, 4.69) is 5.32 Å². The number of carbonyl (C=O) groups excluding carboxylic acids is 1. The number of hydrogen-bond donors (Lipinski definition) is 3. The molecule has 7 heteroatoms. The average molecular weight is 260 g/mol. The molecule has 0 aromatic heterocycles. The van der Waals surface area contributed by atoms with Crippen molar-refractivity contribution in [1.29, 1.82) is 0 Å². The summed E-state index contributed by atoms with van der Waals surface area (Å²) in [4.78, 5) is 24.0. The van der Waals surface area contributed by atoms with E-state index in [0.717, 1.165) is 4.90 Å². The van der Waals surface area contributed by atoms with E-state index in [9.17, 15) is 14.7 Å². The number of amides is 2. The number of urea groups is 1. The lowest BCUT2D eigenvalue weighted by Crippen LogP contribution is -2.49. The number of aliphatic carboxylic acids is 1. The minimum Gasteiger partial charge on any atom is -0.480 e. The van der Waals surface area contributed by atoms with Crippen LogP contribution in [0.2, 0.25) is 0 Å². The predicted molar refractivity (Wildman–Crippen MR) is 63.2 cm³/mol. The second-order valence-corrected chi connectivity index (χ2v) is 5.02. The van der Waals surface area contributed by atoms with Crippen molar-refractivity contribution >= 4 is 12.0 Å². The number of β-amino-alcohol motifs (C(OH)–C–C–N with tert-alkyl or cyclic N) is 1. The Labute approximate surface area is 106 Å². The van der Waals surface area contributed by atoms with Crippen LogP contribution in [0.5, 0.6) is 0 Å². The van der Waals surface area contributed by atoms with Crippen LogP contribution >= 0.6 is 0 Å². The lowest BCUT2D eigenvalue weighted by molar-refractivity contribution is -0.141. The summed E-state index contributed by atoms with van der Waals surface area (Å²) >= 11 is 0. The molecule has 0 spiro atoms. The summed E-state index contributed by atoms with van der Waals surface area (Å²) in [6, 6.07) is -1.46. The van der Waals surface area contributed by atoms with Gasteiger partial charge in [-0.1, -0.05) is 0 Å². The molecule has 0 saturated carbocycles. The zero-order chi connectivity index (χ0) is 13.9. The lowest BCUT2D eigenvalue weighted by atomic mass is 10.1. The molecule has 18 heavy (non-hydrogen) atoms. The van der Waals surface area contributed by atoms with Gasteiger partial charge in [-0.3, -0.25) is 0 Å². The summed E-state index contributed by atoms with van der Waals surface area (Å²) in [7, 11) is 1.53. The number of ether oxygens (including phenoxy) is 1. The van der Waals surface area contributed by atoms with E-state index in [1.807, 2.05) is 0 Å². The smallest absolute Gasteiger partial charge is 0.326 e. The summed E-state index contributed by atoms with van der Waals surface area (Å²) < 4.78 is 5.15. The molecule has 1 aliphatic rings. The molecule has 0 unspecified atom stereocenters. The van der Waals surface area contributed by atoms with Gasteiger partial charge in [-0.15, -0.1) is 0 Å². The predicted octanol–water partition coefficient (Wildman–Crippen LogP) is -0.359. The Morgan fingerprint density at radius 3 is 2.61 bits per heavy atom. The molecule has 1 heterocycles. The number of aliphatic hydroxyl groups is 1. The van der Waals surface area contributed by atoms with Crippen LogP contribution in [-0.4, -0.2) is 65.1 Å². The van der Waals surface area contributed by atoms with Crippen molar-refractivity contribution in [2.24, 2.45) is 0 Å². The van der Waals surface area contributed by atoms with Gasteiger partial charge in [0.25, 0.3) is 0 Å². The Balaban J connectivity index is 2.58. The highest BCUT2D eigenvalue weighted by molar-refractivity contribution is 5.83. The number of rotatable bonds is 4. The highest BCUT2D eigenvalue weighted by atomic mass is 16.5. The number of carbonyl (C=O) groups is 2. The molecule has 1 rings (SSSR count). The summed E-state index contributed by atoms with van der Waals surface area (Å²) in [5.74, 6) is -1.10. The van der Waals surface area contributed by atoms with Crippen LogP contribution in [0.4, 0.5) is 4.79 Å². The molecule has 2 amide bonds. The second-order valence-electron chi connectivity index (χ2n) is 5.02. The number of methoxy groups -OCH3 is 1. The SMILES string of the molecule is COC(C)(C)CNC(=O)N1C[C@@H](O)C[C@H]1C(=O)O. The summed E-state index contributed by atoms with van der Waals surface area (Å²) in [6.07, 6.45) is -0.719. The fraction of sp³-hybridized carbons (Fsp3) is 0.818. The first kappa shape index (κ1) is 14.7. The molecule has 1 fully saturated rings. The van der Waals surface area contributed by atoms with Gasteiger partial charge in [0.2, 0.25) is 0 Å². The maximum atomic E-state index is 11.9. The molecule has 7 nitrogen and oxygen atoms in total. The van der Waals surface area contributed by atoms with E-state index in [1.165, 1.54) is 7.11 Å². The molecular weight excluding hydrogens is 240 g/mol. The highest BCUT2D eigenvalue weighted by Gasteiger charge is 2.39. The molecule has 0 radical (unpaired) electrons. The number of likely N-dealkylation sites (tertiary alicyclic amines) is 1. The van der Waals surface area contributed by atoms with Crippen molar-refractivity contribution in [2.45, 2.75) is 38.0 Å². The summed E-state index contributed by atoms with van der Waals surface area (Å²) in [5, 5.41) is 21.0. The number of hydrogen-bond acceptors (Lipinski definition) is 4. The third-order valence-corrected chi connectivity index (χ3v) is 3.04. The van der Waals surface area contributed by atoms with Crippen LogP contribution in [0.1, 0.15) is 20.3 Å². The van der Waals surface area contributed by atoms with E-state index >= 15 is 0 Å². The molecule has 1 aliphatic heterocycles. The van der Waals surface area contributed by atoms with Crippen molar-refractivity contribution in [1.82, 2.24) is 10.2 Å². The van der Waals surface area contributed by atoms with Gasteiger partial charge in [0.15, 0.2) is 0 Å². The van der Waals surface area contributed by atoms with E-state index in [0.29, 0.717) is 0 Å². The Morgan fingerprint density at radius 1 is 1.50 bits per heavy atom. The molecular formula is C11H20N2O5. The van der Waals surface area contributed by atoms with Crippen LogP contribution in [0.25, 0.3) is 0 Å². The monoisotopic (exact) mass is 260 g/mol. The van der Waals surface area contributed by atoms with Crippen molar-refractivity contribution in [3.63, 3.8) is 0 Å². The first-order valence-corrected chi connectivity index (χ1v) is 5.77. The van der Waals surface area contributed by atoms with Gasteiger partial charge in [0.1, 0.15) is 6.04 Å². The number of nitrogens with one attached hydrogen (secondary N) is 1. The Hall–Kier alpha value is -1.34. The van der Waals surface area contributed by atoms with Crippen LogP contribution in [0.3, 0.4) is 0 Å². The normalized spacial score (nSPS) is 24.1. The van der Waals surface area contributed by atoms with E-state index < -0.39 is 29.7 Å². The zero-order valence-electron chi connectivity index (χ0n) is 10.8. The first-order chi connectivity index (χ1) is 8.26. The molecule has 0 aromatic rings. The fourth-order valence-electron chi connectivity index (χ4n) is 1.73. The topological polar surface area (TPSA) is 99.1 Å². The summed E-state index contributed by atoms with van der Waals surface area (Å²) in [5.41, 5.74) is -0.521. The Morgan fingerprint density at radius 2 is 2.11 bits per heavy atom. The standard InChI is InChI=1S/C11H20N2O5/c1-11(2,18-3)6-12-10(17)13-5-7(14)4-8(13)9(15)16/h7-8,14H,4-6H2,1-3H3,(H,12,17)(H,15,16)/t7-,8-/m0/s1. The van der Waals surface area contributed by atoms with Gasteiger partial charge in [-0.05, 0) is 13.8 Å². The maximum absolute atomic E-state index is 11.9. The molecule has 1 saturated heterocycles. The second kappa shape index (κ2) is 5.53. The van der Waals surface area contributed by atoms with Crippen molar-refractivity contribution in [2.75, 3.05) is 20.2 Å². The van der Waals surface area contributed by atoms with Crippen LogP contribution in [0, 0.1) is 0 Å². The van der Waals surface area contributed by atoms with E-state index in [-0.39, 0.29) is 19.5 Å². The van der Waals surface area contributed by atoms with Gasteiger partial charge >= 0.3 is 12.0 Å². The van der Waals surface area contributed by atoms with Crippen LogP contribution in [0.15, 0.2) is 0 Å². The molecule has 0 aliphatic carbocycles. The largest absolute Gasteiger partial charge is 0.480 e. The van der Waals surface area contributed by atoms with Crippen LogP contribution < -0.4 is 5.32 Å². The summed E-state index contributed by atoms with van der Waals surface area (Å²) in [6.45, 7) is 3.92. The molecule has 0 aromatic carbocycles. The minimum absolute atomic E-state index is 0.0379. The van der Waals surface area contributed by atoms with Crippen molar-refractivity contribution in [3.05, 3.63) is 0 Å². The van der Waals surface area contributed by atoms with Gasteiger partial charge in [-0.25, -0.2) is 9.59 Å². The minimum atomic E-state index is -1.10. The Kier molecular flexibility index (Phi) is 4.53. The molecule has 104 valence electrons. The van der Waals surface area contributed by atoms with E-state index in [1.54, 1.807) is 13.8 Å². The number of nitrogens with zero attached hydrogens (tertiary/aromatic N) is 1. The van der Waals surface area contributed by atoms with Crippen LogP contribution in [-0.2, 0) is 9.53 Å². The van der Waals surface area contributed by atoms with E-state index in [4.69, 9.17) is 9.84 Å². The van der Waals surface area contributed by atoms with Gasteiger partial charge in [-0.2, -0.15) is 0 Å². The van der Waals surface area contributed by atoms with Gasteiger partial charge in [0.05, 0.1) is 11.7 Å². The Bertz CT molecular complexity index is 331. The van der Waals surface area contributed by atoms with Gasteiger partial charge in [0, 0.05) is 26.6 Å². The first-order valence-electron chi connectivity index (χ1n) is 5.77. The van der Waals surface area contributed by atoms with Gasteiger partial charge < -0.3 is 25.2 Å². The molecule has 2 atom stereocenters. The zero-order valence-corrected chi connectivity index (χ0v) is 10.8. The maximum Gasteiger partial charge on any atom is 0.326 e. The average Bonchev–Trinajstić information content (AvgIpc) is 2.68. The molecule has 3 N–H and O–H groups in total. The number of carboxylic acids is 1. The third kappa shape index (κ3) is 3.58. The fourth-order valence-corrected chi connectivity index (χ4v) is 1.73. The third-order valence-electron chi connectivity index (χ3n) is 3.04. The molecule has 0 bridgehead atoms. The number of carboxylic acid groups (broad SMARTS) is 1.